The molecule has 1 amide bonds. The maximum Gasteiger partial charge on any atom is 0.408 e. The van der Waals surface area contributed by atoms with Gasteiger partial charge in [0.2, 0.25) is 0 Å². The van der Waals surface area contributed by atoms with E-state index < -0.39 is 34.3 Å². The predicted octanol–water partition coefficient (Wildman–Crippen LogP) is 0.731. The minimum atomic E-state index is -3.85. The van der Waals surface area contributed by atoms with Crippen molar-refractivity contribution in [1.29, 1.82) is 0 Å². The van der Waals surface area contributed by atoms with Gasteiger partial charge in [-0.3, -0.25) is 4.18 Å². The van der Waals surface area contributed by atoms with Gasteiger partial charge in [0.25, 0.3) is 10.1 Å². The van der Waals surface area contributed by atoms with Crippen LogP contribution in [-0.2, 0) is 30.4 Å². The van der Waals surface area contributed by atoms with Gasteiger partial charge < -0.3 is 15.2 Å². The molecular weight excluding hydrogens is 314 g/mol. The minimum absolute atomic E-state index is 0.0413. The molecule has 22 heavy (non-hydrogen) atoms. The summed E-state index contributed by atoms with van der Waals surface area (Å²) in [5.74, 6) is -1.44. The molecule has 1 rings (SSSR count). The van der Waals surface area contributed by atoms with Crippen molar-refractivity contribution in [2.45, 2.75) is 25.7 Å². The van der Waals surface area contributed by atoms with Crippen LogP contribution in [0.1, 0.15) is 12.5 Å². The van der Waals surface area contributed by atoms with Crippen LogP contribution in [0.15, 0.2) is 30.3 Å². The Morgan fingerprint density at radius 3 is 2.36 bits per heavy atom. The highest BCUT2D eigenvalue weighted by Gasteiger charge is 2.30. The van der Waals surface area contributed by atoms with Crippen LogP contribution in [0, 0.1) is 0 Å². The molecule has 0 fully saturated rings. The second-order valence-corrected chi connectivity index (χ2v) is 6.13. The zero-order chi connectivity index (χ0) is 16.8. The molecular formula is C13H17NO7S. The van der Waals surface area contributed by atoms with E-state index in [9.17, 15) is 18.0 Å². The van der Waals surface area contributed by atoms with E-state index in [-0.39, 0.29) is 6.61 Å². The third-order valence-corrected chi connectivity index (χ3v) is 3.20. The van der Waals surface area contributed by atoms with E-state index in [1.54, 1.807) is 30.3 Å². The van der Waals surface area contributed by atoms with Gasteiger partial charge in [-0.2, -0.15) is 8.42 Å². The lowest BCUT2D eigenvalue weighted by molar-refractivity contribution is -0.141. The zero-order valence-electron chi connectivity index (χ0n) is 12.1. The van der Waals surface area contributed by atoms with Crippen molar-refractivity contribution in [3.63, 3.8) is 0 Å². The number of carboxylic acid groups (broad SMARTS) is 1. The van der Waals surface area contributed by atoms with Gasteiger partial charge in [0, 0.05) is 0 Å². The van der Waals surface area contributed by atoms with Crippen molar-refractivity contribution >= 4 is 22.2 Å². The molecule has 0 aliphatic rings. The molecule has 0 saturated heterocycles. The number of hydrogen-bond acceptors (Lipinski definition) is 6. The number of alkyl carbamates (subject to hydrolysis) is 1. The van der Waals surface area contributed by atoms with Crippen LogP contribution in [0.4, 0.5) is 4.79 Å². The molecule has 8 nitrogen and oxygen atoms in total. The summed E-state index contributed by atoms with van der Waals surface area (Å²) in [6.45, 7) is 1.18. The molecule has 0 saturated carbocycles. The van der Waals surface area contributed by atoms with E-state index in [1.807, 2.05) is 0 Å². The monoisotopic (exact) mass is 331 g/mol. The lowest BCUT2D eigenvalue weighted by Crippen LogP contribution is -2.49. The molecule has 2 unspecified atom stereocenters. The molecule has 0 aliphatic heterocycles. The van der Waals surface area contributed by atoms with Crippen molar-refractivity contribution in [2.75, 3.05) is 6.26 Å². The van der Waals surface area contributed by atoms with Gasteiger partial charge in [-0.25, -0.2) is 9.59 Å². The largest absolute Gasteiger partial charge is 0.480 e. The van der Waals surface area contributed by atoms with E-state index in [4.69, 9.17) is 9.84 Å². The van der Waals surface area contributed by atoms with Gasteiger partial charge in [0.15, 0.2) is 6.04 Å². The summed E-state index contributed by atoms with van der Waals surface area (Å²) in [6.07, 6.45) is -1.48. The van der Waals surface area contributed by atoms with Crippen LogP contribution in [0.3, 0.4) is 0 Å². The molecule has 122 valence electrons. The lowest BCUT2D eigenvalue weighted by Gasteiger charge is -2.20. The van der Waals surface area contributed by atoms with E-state index >= 15 is 0 Å². The Morgan fingerprint density at radius 1 is 1.27 bits per heavy atom. The van der Waals surface area contributed by atoms with Crippen molar-refractivity contribution in [2.24, 2.45) is 0 Å². The van der Waals surface area contributed by atoms with Crippen LogP contribution < -0.4 is 5.32 Å². The Kier molecular flexibility index (Phi) is 6.32. The fourth-order valence-electron chi connectivity index (χ4n) is 1.60. The first-order valence-electron chi connectivity index (χ1n) is 6.27. The molecule has 0 aromatic heterocycles. The summed E-state index contributed by atoms with van der Waals surface area (Å²) in [5, 5.41) is 11.1. The second-order valence-electron chi connectivity index (χ2n) is 4.53. The Morgan fingerprint density at radius 2 is 1.86 bits per heavy atom. The SMILES string of the molecule is CC(OS(C)(=O)=O)C(NC(=O)OCc1ccccc1)C(=O)O. The average Bonchev–Trinajstić information content (AvgIpc) is 2.41. The van der Waals surface area contributed by atoms with Crippen LogP contribution in [-0.4, -0.2) is 44.0 Å². The molecule has 9 heteroatoms. The Balaban J connectivity index is 2.59. The maximum absolute atomic E-state index is 11.6. The van der Waals surface area contributed by atoms with Crippen LogP contribution in [0.25, 0.3) is 0 Å². The first kappa shape index (κ1) is 17.9. The summed E-state index contributed by atoms with van der Waals surface area (Å²) in [5.41, 5.74) is 0.727. The normalized spacial score (nSPS) is 13.9. The Hall–Kier alpha value is -2.13. The second kappa shape index (κ2) is 7.76. The van der Waals surface area contributed by atoms with Gasteiger partial charge in [-0.1, -0.05) is 30.3 Å². The third-order valence-electron chi connectivity index (χ3n) is 2.55. The number of ether oxygens (including phenoxy) is 1. The summed E-state index contributed by atoms with van der Waals surface area (Å²) in [7, 11) is -3.85. The summed E-state index contributed by atoms with van der Waals surface area (Å²) >= 11 is 0. The number of carbonyl (C=O) groups excluding carboxylic acids is 1. The first-order chi connectivity index (χ1) is 10.2. The number of benzene rings is 1. The number of hydrogen-bond donors (Lipinski definition) is 2. The van der Waals surface area contributed by atoms with Crippen LogP contribution >= 0.6 is 0 Å². The van der Waals surface area contributed by atoms with E-state index in [1.165, 1.54) is 6.92 Å². The number of amides is 1. The van der Waals surface area contributed by atoms with E-state index in [0.29, 0.717) is 0 Å². The minimum Gasteiger partial charge on any atom is -0.480 e. The van der Waals surface area contributed by atoms with Gasteiger partial charge in [0.05, 0.1) is 6.26 Å². The molecule has 1 aromatic rings. The van der Waals surface area contributed by atoms with Gasteiger partial charge in [-0.15, -0.1) is 0 Å². The molecule has 2 atom stereocenters. The quantitative estimate of drug-likeness (QED) is 0.707. The van der Waals surface area contributed by atoms with Crippen LogP contribution in [0.5, 0.6) is 0 Å². The van der Waals surface area contributed by atoms with Crippen LogP contribution in [0.2, 0.25) is 0 Å². The molecule has 0 aliphatic carbocycles. The summed E-state index contributed by atoms with van der Waals surface area (Å²) in [4.78, 5) is 22.7. The Bertz CT molecular complexity index is 615. The molecule has 2 N–H and O–H groups in total. The number of carbonyl (C=O) groups is 2. The van der Waals surface area contributed by atoms with Crippen molar-refractivity contribution in [3.8, 4) is 0 Å². The van der Waals surface area contributed by atoms with E-state index in [0.717, 1.165) is 11.8 Å². The lowest BCUT2D eigenvalue weighted by atomic mass is 10.2. The highest BCUT2D eigenvalue weighted by molar-refractivity contribution is 7.86. The fraction of sp³-hybridized carbons (Fsp3) is 0.385. The topological polar surface area (TPSA) is 119 Å². The number of rotatable bonds is 7. The predicted molar refractivity (Wildman–Crippen MR) is 76.6 cm³/mol. The standard InChI is InChI=1S/C13H17NO7S/c1-9(21-22(2,18)19)11(12(15)16)14-13(17)20-8-10-6-4-3-5-7-10/h3-7,9,11H,8H2,1-2H3,(H,14,17)(H,15,16). The van der Waals surface area contributed by atoms with Crippen molar-refractivity contribution in [1.82, 2.24) is 5.32 Å². The fourth-order valence-corrected chi connectivity index (χ4v) is 2.27. The third kappa shape index (κ3) is 6.55. The number of nitrogens with one attached hydrogen (secondary N) is 1. The van der Waals surface area contributed by atoms with Crippen molar-refractivity contribution in [3.05, 3.63) is 35.9 Å². The van der Waals surface area contributed by atoms with E-state index in [2.05, 4.69) is 9.50 Å². The highest BCUT2D eigenvalue weighted by Crippen LogP contribution is 2.05. The molecule has 0 spiro atoms. The Labute approximate surface area is 128 Å². The van der Waals surface area contributed by atoms with Crippen molar-refractivity contribution < 1.29 is 32.0 Å². The van der Waals surface area contributed by atoms with Gasteiger partial charge >= 0.3 is 12.1 Å². The average molecular weight is 331 g/mol. The molecule has 0 heterocycles. The molecule has 0 radical (unpaired) electrons. The van der Waals surface area contributed by atoms with Gasteiger partial charge in [-0.05, 0) is 12.5 Å². The zero-order valence-corrected chi connectivity index (χ0v) is 12.9. The number of carboxylic acids is 1. The smallest absolute Gasteiger partial charge is 0.408 e. The summed E-state index contributed by atoms with van der Waals surface area (Å²) < 4.78 is 31.4. The maximum atomic E-state index is 11.6. The number of aliphatic carboxylic acids is 1. The summed E-state index contributed by atoms with van der Waals surface area (Å²) in [6, 6.07) is 7.23. The van der Waals surface area contributed by atoms with Gasteiger partial charge in [0.1, 0.15) is 12.7 Å². The molecule has 0 bridgehead atoms. The molecule has 1 aromatic carbocycles. The highest BCUT2D eigenvalue weighted by atomic mass is 32.2. The first-order valence-corrected chi connectivity index (χ1v) is 8.09.